The van der Waals surface area contributed by atoms with Crippen molar-refractivity contribution in [1.29, 1.82) is 0 Å². The molecule has 0 aromatic heterocycles. The maximum Gasteiger partial charge on any atom is 0.306 e. The highest BCUT2D eigenvalue weighted by atomic mass is 16.5. The van der Waals surface area contributed by atoms with Crippen LogP contribution < -0.4 is 5.73 Å². The summed E-state index contributed by atoms with van der Waals surface area (Å²) in [6, 6.07) is 0.0590. The minimum Gasteiger partial charge on any atom is -0.465 e. The van der Waals surface area contributed by atoms with Gasteiger partial charge in [-0.1, -0.05) is 27.2 Å². The van der Waals surface area contributed by atoms with Gasteiger partial charge < -0.3 is 10.5 Å². The summed E-state index contributed by atoms with van der Waals surface area (Å²) in [5.41, 5.74) is 5.82. The van der Waals surface area contributed by atoms with Crippen LogP contribution in [0.15, 0.2) is 0 Å². The summed E-state index contributed by atoms with van der Waals surface area (Å²) in [5, 5.41) is 0. The lowest BCUT2D eigenvalue weighted by Gasteiger charge is -2.30. The summed E-state index contributed by atoms with van der Waals surface area (Å²) in [6.07, 6.45) is 5.03. The van der Waals surface area contributed by atoms with E-state index in [1.54, 1.807) is 0 Å². The first-order chi connectivity index (χ1) is 7.45. The largest absolute Gasteiger partial charge is 0.465 e. The highest BCUT2D eigenvalue weighted by Gasteiger charge is 2.29. The van der Waals surface area contributed by atoms with Crippen molar-refractivity contribution >= 4 is 5.97 Å². The minimum absolute atomic E-state index is 0.0590. The van der Waals surface area contributed by atoms with Crippen molar-refractivity contribution in [2.24, 2.45) is 17.1 Å². The zero-order valence-electron chi connectivity index (χ0n) is 10.8. The van der Waals surface area contributed by atoms with Crippen LogP contribution >= 0.6 is 0 Å². The molecule has 1 unspecified atom stereocenters. The second-order valence-corrected chi connectivity index (χ2v) is 5.66. The lowest BCUT2D eigenvalue weighted by molar-refractivity contribution is -0.148. The fourth-order valence-electron chi connectivity index (χ4n) is 1.98. The molecule has 16 heavy (non-hydrogen) atoms. The van der Waals surface area contributed by atoms with Crippen LogP contribution in [0.4, 0.5) is 0 Å². The first-order valence-electron chi connectivity index (χ1n) is 6.37. The molecule has 0 aromatic carbocycles. The van der Waals surface area contributed by atoms with Gasteiger partial charge in [0.15, 0.2) is 0 Å². The molecular formula is C13H25NO2. The number of esters is 1. The predicted molar refractivity (Wildman–Crippen MR) is 65.0 cm³/mol. The van der Waals surface area contributed by atoms with E-state index in [1.165, 1.54) is 19.3 Å². The maximum atomic E-state index is 11.6. The number of rotatable bonds is 6. The molecule has 94 valence electrons. The van der Waals surface area contributed by atoms with E-state index in [9.17, 15) is 4.79 Å². The molecule has 0 radical (unpaired) electrons. The molecule has 0 bridgehead atoms. The van der Waals surface area contributed by atoms with Crippen molar-refractivity contribution in [2.75, 3.05) is 6.61 Å². The molecule has 1 fully saturated rings. The first kappa shape index (κ1) is 13.5. The van der Waals surface area contributed by atoms with E-state index in [0.717, 1.165) is 6.42 Å². The third-order valence-corrected chi connectivity index (χ3v) is 3.75. The topological polar surface area (TPSA) is 52.3 Å². The molecule has 0 aromatic rings. The quantitative estimate of drug-likeness (QED) is 0.709. The van der Waals surface area contributed by atoms with Gasteiger partial charge in [0.2, 0.25) is 0 Å². The molecule has 3 nitrogen and oxygen atoms in total. The monoisotopic (exact) mass is 227 g/mol. The van der Waals surface area contributed by atoms with Crippen molar-refractivity contribution in [2.45, 2.75) is 58.9 Å². The zero-order chi connectivity index (χ0) is 12.2. The summed E-state index contributed by atoms with van der Waals surface area (Å²) in [5.74, 6) is 0.521. The van der Waals surface area contributed by atoms with Crippen molar-refractivity contribution in [3.8, 4) is 0 Å². The third kappa shape index (κ3) is 3.78. The van der Waals surface area contributed by atoms with E-state index >= 15 is 0 Å². The second-order valence-electron chi connectivity index (χ2n) is 5.66. The lowest BCUT2D eigenvalue weighted by atomic mass is 9.80. The Balaban J connectivity index is 2.26. The van der Waals surface area contributed by atoms with Crippen LogP contribution in [-0.2, 0) is 9.53 Å². The van der Waals surface area contributed by atoms with E-state index in [2.05, 4.69) is 0 Å². The van der Waals surface area contributed by atoms with Gasteiger partial charge in [0, 0.05) is 6.04 Å². The van der Waals surface area contributed by atoms with Crippen LogP contribution in [0.25, 0.3) is 0 Å². The molecule has 0 amide bonds. The standard InChI is InChI=1S/C13H25NO2/c1-4-11(14)13(2,3)8-12(15)16-9-10-6-5-7-10/h10-11H,4-9,14H2,1-3H3. The molecular weight excluding hydrogens is 202 g/mol. The Hall–Kier alpha value is -0.570. The Bertz CT molecular complexity index is 234. The van der Waals surface area contributed by atoms with E-state index in [4.69, 9.17) is 10.5 Å². The average Bonchev–Trinajstić information content (AvgIpc) is 2.13. The molecule has 1 rings (SSSR count). The lowest BCUT2D eigenvalue weighted by Crippen LogP contribution is -2.39. The Morgan fingerprint density at radius 3 is 2.56 bits per heavy atom. The van der Waals surface area contributed by atoms with Gasteiger partial charge in [-0.05, 0) is 30.6 Å². The van der Waals surface area contributed by atoms with Gasteiger partial charge in [0.05, 0.1) is 13.0 Å². The molecule has 2 N–H and O–H groups in total. The molecule has 0 aliphatic heterocycles. The van der Waals surface area contributed by atoms with Gasteiger partial charge in [0.25, 0.3) is 0 Å². The van der Waals surface area contributed by atoms with Crippen LogP contribution in [0.2, 0.25) is 0 Å². The fourth-order valence-corrected chi connectivity index (χ4v) is 1.98. The fraction of sp³-hybridized carbons (Fsp3) is 0.923. The Kier molecular flexibility index (Phi) is 4.78. The molecule has 0 spiro atoms. The van der Waals surface area contributed by atoms with Crippen molar-refractivity contribution in [3.63, 3.8) is 0 Å². The molecule has 0 heterocycles. The number of ether oxygens (including phenoxy) is 1. The number of hydrogen-bond donors (Lipinski definition) is 1. The van der Waals surface area contributed by atoms with Gasteiger partial charge in [0.1, 0.15) is 0 Å². The Morgan fingerprint density at radius 2 is 2.12 bits per heavy atom. The van der Waals surface area contributed by atoms with E-state index in [0.29, 0.717) is 18.9 Å². The van der Waals surface area contributed by atoms with Crippen molar-refractivity contribution in [1.82, 2.24) is 0 Å². The number of hydrogen-bond acceptors (Lipinski definition) is 3. The minimum atomic E-state index is -0.161. The van der Waals surface area contributed by atoms with Crippen molar-refractivity contribution in [3.05, 3.63) is 0 Å². The normalized spacial score (nSPS) is 19.0. The van der Waals surface area contributed by atoms with Crippen molar-refractivity contribution < 1.29 is 9.53 Å². The second kappa shape index (κ2) is 5.67. The number of carbonyl (C=O) groups excluding carboxylic acids is 1. The van der Waals surface area contributed by atoms with E-state index in [-0.39, 0.29) is 17.4 Å². The summed E-state index contributed by atoms with van der Waals surface area (Å²) in [7, 11) is 0. The van der Waals surface area contributed by atoms with Gasteiger partial charge in [-0.3, -0.25) is 4.79 Å². The van der Waals surface area contributed by atoms with Gasteiger partial charge >= 0.3 is 5.97 Å². The molecule has 3 heteroatoms. The maximum absolute atomic E-state index is 11.6. The summed E-state index contributed by atoms with van der Waals surface area (Å²) < 4.78 is 5.28. The highest BCUT2D eigenvalue weighted by Crippen LogP contribution is 2.28. The molecule has 1 atom stereocenters. The summed E-state index contributed by atoms with van der Waals surface area (Å²) >= 11 is 0. The number of nitrogens with two attached hydrogens (primary N) is 1. The van der Waals surface area contributed by atoms with Gasteiger partial charge in [-0.2, -0.15) is 0 Å². The van der Waals surface area contributed by atoms with Crippen LogP contribution in [0.3, 0.4) is 0 Å². The first-order valence-corrected chi connectivity index (χ1v) is 6.37. The van der Waals surface area contributed by atoms with E-state index in [1.807, 2.05) is 20.8 Å². The van der Waals surface area contributed by atoms with Crippen LogP contribution in [0, 0.1) is 11.3 Å². The van der Waals surface area contributed by atoms with Crippen LogP contribution in [0.1, 0.15) is 52.9 Å². The molecule has 1 aliphatic rings. The van der Waals surface area contributed by atoms with E-state index < -0.39 is 0 Å². The summed E-state index contributed by atoms with van der Waals surface area (Å²) in [6.45, 7) is 6.72. The number of carbonyl (C=O) groups is 1. The smallest absolute Gasteiger partial charge is 0.306 e. The summed E-state index contributed by atoms with van der Waals surface area (Å²) in [4.78, 5) is 11.6. The SMILES string of the molecule is CCC(N)C(C)(C)CC(=O)OCC1CCC1. The average molecular weight is 227 g/mol. The zero-order valence-corrected chi connectivity index (χ0v) is 10.8. The van der Waals surface area contributed by atoms with Crippen LogP contribution in [0.5, 0.6) is 0 Å². The van der Waals surface area contributed by atoms with Gasteiger partial charge in [-0.15, -0.1) is 0 Å². The molecule has 1 aliphatic carbocycles. The highest BCUT2D eigenvalue weighted by molar-refractivity contribution is 5.70. The molecule has 1 saturated carbocycles. The van der Waals surface area contributed by atoms with Crippen LogP contribution in [-0.4, -0.2) is 18.6 Å². The third-order valence-electron chi connectivity index (χ3n) is 3.75. The van der Waals surface area contributed by atoms with Gasteiger partial charge in [-0.25, -0.2) is 0 Å². The Labute approximate surface area is 98.7 Å². The molecule has 0 saturated heterocycles. The Morgan fingerprint density at radius 1 is 1.50 bits per heavy atom. The predicted octanol–water partition coefficient (Wildman–Crippen LogP) is 2.48.